The normalized spacial score (nSPS) is 11.4. The summed E-state index contributed by atoms with van der Waals surface area (Å²) in [5.74, 6) is 0.0460. The molecule has 1 amide bonds. The molecule has 1 heterocycles. The first-order valence-corrected chi connectivity index (χ1v) is 11.5. The van der Waals surface area contributed by atoms with Gasteiger partial charge in [-0.15, -0.1) is 0 Å². The predicted octanol–water partition coefficient (Wildman–Crippen LogP) is 3.88. The van der Waals surface area contributed by atoms with Gasteiger partial charge in [-0.25, -0.2) is 13.1 Å². The number of carbonyl (C=O) groups excluding carboxylic acids is 1. The van der Waals surface area contributed by atoms with Gasteiger partial charge in [-0.2, -0.15) is 0 Å². The van der Waals surface area contributed by atoms with Crippen molar-refractivity contribution in [2.24, 2.45) is 0 Å². The second kappa shape index (κ2) is 10.6. The molecule has 2 N–H and O–H groups in total. The molecule has 0 aliphatic rings. The summed E-state index contributed by atoms with van der Waals surface area (Å²) in [7, 11) is -3.95. The van der Waals surface area contributed by atoms with Crippen LogP contribution in [0.5, 0.6) is 0 Å². The Bertz CT molecular complexity index is 1130. The number of furan rings is 1. The lowest BCUT2D eigenvalue weighted by Gasteiger charge is -2.12. The Morgan fingerprint density at radius 1 is 1.06 bits per heavy atom. The lowest BCUT2D eigenvalue weighted by atomic mass is 10.1. The second-order valence-corrected chi connectivity index (χ2v) is 8.78. The van der Waals surface area contributed by atoms with E-state index < -0.39 is 15.9 Å². The average molecular weight is 463 g/mol. The van der Waals surface area contributed by atoms with Gasteiger partial charge in [0.05, 0.1) is 24.4 Å². The summed E-state index contributed by atoms with van der Waals surface area (Å²) in [5, 5.41) is 2.84. The molecule has 164 valence electrons. The van der Waals surface area contributed by atoms with Crippen LogP contribution in [0.15, 0.2) is 70.2 Å². The van der Waals surface area contributed by atoms with E-state index >= 15 is 0 Å². The number of nitrogens with one attached hydrogen (secondary N) is 2. The largest absolute Gasteiger partial charge is 0.468 e. The number of halogens is 1. The maximum Gasteiger partial charge on any atom is 0.251 e. The fourth-order valence-corrected chi connectivity index (χ4v) is 4.38. The number of ether oxygens (including phenoxy) is 1. The van der Waals surface area contributed by atoms with Gasteiger partial charge >= 0.3 is 0 Å². The Morgan fingerprint density at radius 3 is 2.55 bits per heavy atom. The van der Waals surface area contributed by atoms with Crippen LogP contribution in [0.4, 0.5) is 0 Å². The van der Waals surface area contributed by atoms with Crippen molar-refractivity contribution in [1.29, 1.82) is 0 Å². The van der Waals surface area contributed by atoms with Crippen LogP contribution in [0.25, 0.3) is 0 Å². The van der Waals surface area contributed by atoms with Gasteiger partial charge in [0.25, 0.3) is 5.91 Å². The average Bonchev–Trinajstić information content (AvgIpc) is 3.29. The first-order valence-electron chi connectivity index (χ1n) is 9.65. The van der Waals surface area contributed by atoms with E-state index in [1.807, 2.05) is 31.2 Å². The molecule has 0 unspecified atom stereocenters. The topological polar surface area (TPSA) is 97.6 Å². The van der Waals surface area contributed by atoms with Gasteiger partial charge in [0.15, 0.2) is 0 Å². The zero-order valence-corrected chi connectivity index (χ0v) is 18.5. The lowest BCUT2D eigenvalue weighted by Crippen LogP contribution is -2.26. The van der Waals surface area contributed by atoms with E-state index in [9.17, 15) is 13.2 Å². The molecule has 31 heavy (non-hydrogen) atoms. The van der Waals surface area contributed by atoms with Gasteiger partial charge in [-0.3, -0.25) is 4.79 Å². The summed E-state index contributed by atoms with van der Waals surface area (Å²) in [5.41, 5.74) is 2.09. The quantitative estimate of drug-likeness (QED) is 0.476. The molecule has 1 aromatic heterocycles. The highest BCUT2D eigenvalue weighted by Gasteiger charge is 2.20. The summed E-state index contributed by atoms with van der Waals surface area (Å²) in [6.45, 7) is 3.21. The molecule has 0 saturated carbocycles. The highest BCUT2D eigenvalue weighted by molar-refractivity contribution is 7.89. The van der Waals surface area contributed by atoms with Gasteiger partial charge in [-0.05, 0) is 48.4 Å². The van der Waals surface area contributed by atoms with E-state index in [-0.39, 0.29) is 28.6 Å². The fraction of sp³-hybridized carbons (Fsp3) is 0.227. The van der Waals surface area contributed by atoms with Crippen molar-refractivity contribution in [2.45, 2.75) is 31.5 Å². The second-order valence-electron chi connectivity index (χ2n) is 6.64. The summed E-state index contributed by atoms with van der Waals surface area (Å²) in [6.07, 6.45) is 1.45. The van der Waals surface area contributed by atoms with E-state index in [1.165, 1.54) is 24.5 Å². The molecule has 9 heteroatoms. The Morgan fingerprint density at radius 2 is 1.84 bits per heavy atom. The molecule has 2 aromatic carbocycles. The van der Waals surface area contributed by atoms with E-state index in [0.29, 0.717) is 19.0 Å². The molecular formula is C22H23ClN2O5S. The van der Waals surface area contributed by atoms with Crippen LogP contribution in [0.1, 0.15) is 34.2 Å². The van der Waals surface area contributed by atoms with Crippen LogP contribution in [0.3, 0.4) is 0 Å². The standard InChI is InChI=1S/C22H23ClN2O5S/c1-2-29-15-18-7-4-3-6-17(18)13-24-22(26)16-9-10-20(23)21(12-16)31(27,28)25-14-19-8-5-11-30-19/h3-12,25H,2,13-15H2,1H3,(H,24,26). The summed E-state index contributed by atoms with van der Waals surface area (Å²) >= 11 is 6.10. The summed E-state index contributed by atoms with van der Waals surface area (Å²) in [4.78, 5) is 12.5. The third-order valence-corrected chi connectivity index (χ3v) is 6.40. The fourth-order valence-electron chi connectivity index (χ4n) is 2.87. The van der Waals surface area contributed by atoms with Crippen LogP contribution >= 0.6 is 11.6 Å². The lowest BCUT2D eigenvalue weighted by molar-refractivity contribution is 0.0949. The Hall–Kier alpha value is -2.65. The number of rotatable bonds is 10. The number of hydrogen-bond donors (Lipinski definition) is 2. The number of amides is 1. The molecule has 7 nitrogen and oxygen atoms in total. The van der Waals surface area contributed by atoms with Gasteiger partial charge in [0.1, 0.15) is 10.7 Å². The number of sulfonamides is 1. The molecule has 0 saturated heterocycles. The van der Waals surface area contributed by atoms with Crippen molar-refractivity contribution < 1.29 is 22.4 Å². The van der Waals surface area contributed by atoms with E-state index in [4.69, 9.17) is 20.8 Å². The van der Waals surface area contributed by atoms with Gasteiger partial charge < -0.3 is 14.5 Å². The molecule has 3 rings (SSSR count). The number of carbonyl (C=O) groups is 1. The van der Waals surface area contributed by atoms with Gasteiger partial charge in [0.2, 0.25) is 10.0 Å². The molecule has 3 aromatic rings. The van der Waals surface area contributed by atoms with Crippen LogP contribution in [0.2, 0.25) is 5.02 Å². The van der Waals surface area contributed by atoms with Gasteiger partial charge in [0, 0.05) is 18.7 Å². The molecule has 0 fully saturated rings. The van der Waals surface area contributed by atoms with Crippen LogP contribution in [-0.2, 0) is 34.5 Å². The zero-order valence-electron chi connectivity index (χ0n) is 16.9. The van der Waals surface area contributed by atoms with Gasteiger partial charge in [-0.1, -0.05) is 35.9 Å². The van der Waals surface area contributed by atoms with Crippen molar-refractivity contribution >= 4 is 27.5 Å². The first kappa shape index (κ1) is 23.0. The third kappa shape index (κ3) is 6.18. The van der Waals surface area contributed by atoms with Crippen LogP contribution < -0.4 is 10.0 Å². The smallest absolute Gasteiger partial charge is 0.251 e. The van der Waals surface area contributed by atoms with E-state index in [2.05, 4.69) is 10.0 Å². The minimum Gasteiger partial charge on any atom is -0.468 e. The molecule has 0 aliphatic heterocycles. The third-order valence-electron chi connectivity index (χ3n) is 4.52. The molecule has 0 aliphatic carbocycles. The SMILES string of the molecule is CCOCc1ccccc1CNC(=O)c1ccc(Cl)c(S(=O)(=O)NCc2ccco2)c1. The Kier molecular flexibility index (Phi) is 7.86. The van der Waals surface area contributed by atoms with Crippen molar-refractivity contribution in [3.8, 4) is 0 Å². The van der Waals surface area contributed by atoms with E-state index in [1.54, 1.807) is 12.1 Å². The van der Waals surface area contributed by atoms with E-state index in [0.717, 1.165) is 11.1 Å². The molecule has 0 spiro atoms. The minimum atomic E-state index is -3.95. The Labute approximate surface area is 186 Å². The summed E-state index contributed by atoms with van der Waals surface area (Å²) < 4.78 is 38.3. The van der Waals surface area contributed by atoms with Crippen molar-refractivity contribution in [3.63, 3.8) is 0 Å². The highest BCUT2D eigenvalue weighted by atomic mass is 35.5. The van der Waals surface area contributed by atoms with Crippen molar-refractivity contribution in [1.82, 2.24) is 10.0 Å². The van der Waals surface area contributed by atoms with Crippen molar-refractivity contribution in [2.75, 3.05) is 6.61 Å². The Balaban J connectivity index is 1.71. The number of hydrogen-bond acceptors (Lipinski definition) is 5. The van der Waals surface area contributed by atoms with Crippen LogP contribution in [-0.4, -0.2) is 20.9 Å². The first-order chi connectivity index (χ1) is 14.9. The number of benzene rings is 2. The highest BCUT2D eigenvalue weighted by Crippen LogP contribution is 2.23. The monoisotopic (exact) mass is 462 g/mol. The molecular weight excluding hydrogens is 440 g/mol. The predicted molar refractivity (Wildman–Crippen MR) is 117 cm³/mol. The minimum absolute atomic E-state index is 0.0190. The zero-order chi connectivity index (χ0) is 22.3. The molecule has 0 atom stereocenters. The maximum atomic E-state index is 12.7. The summed E-state index contributed by atoms with van der Waals surface area (Å²) in [6, 6.07) is 15.1. The maximum absolute atomic E-state index is 12.7. The molecule has 0 bridgehead atoms. The van der Waals surface area contributed by atoms with Crippen molar-refractivity contribution in [3.05, 3.63) is 88.3 Å². The van der Waals surface area contributed by atoms with Crippen LogP contribution in [0, 0.1) is 0 Å². The molecule has 0 radical (unpaired) electrons.